The molecule has 1 heterocycles. The smallest absolute Gasteiger partial charge is 0.246 e. The molecule has 0 radical (unpaired) electrons. The van der Waals surface area contributed by atoms with Crippen LogP contribution in [0.3, 0.4) is 0 Å². The molecule has 1 unspecified atom stereocenters. The summed E-state index contributed by atoms with van der Waals surface area (Å²) in [5.41, 5.74) is 3.31. The highest BCUT2D eigenvalue weighted by molar-refractivity contribution is 5.97. The number of benzene rings is 2. The Labute approximate surface area is 125 Å². The largest absolute Gasteiger partial charge is 0.376 e. The van der Waals surface area contributed by atoms with E-state index in [1.807, 2.05) is 53.4 Å². The van der Waals surface area contributed by atoms with Gasteiger partial charge in [0.1, 0.15) is 0 Å². The number of fused-ring (bicyclic) bond motifs is 1. The summed E-state index contributed by atoms with van der Waals surface area (Å²) in [6.07, 6.45) is 2.07. The molecule has 108 valence electrons. The number of nitrogens with one attached hydrogen (secondary N) is 1. The Kier molecular flexibility index (Phi) is 3.91. The van der Waals surface area contributed by atoms with E-state index in [9.17, 15) is 4.79 Å². The standard InChI is InChI=1S/C18H20N2O/c1-14-11-12-15-7-5-6-10-17(15)20(14)18(21)13-19-16-8-3-2-4-9-16/h2-10,14,19H,11-13H2,1H3. The molecule has 2 aromatic carbocycles. The number of carbonyl (C=O) groups excluding carboxylic acids is 1. The second-order valence-corrected chi connectivity index (χ2v) is 5.50. The molecule has 1 aliphatic heterocycles. The number of hydrogen-bond donors (Lipinski definition) is 1. The van der Waals surface area contributed by atoms with E-state index in [1.54, 1.807) is 0 Å². The molecule has 1 aliphatic rings. The molecule has 3 heteroatoms. The summed E-state index contributed by atoms with van der Waals surface area (Å²) >= 11 is 0. The molecule has 0 saturated carbocycles. The lowest BCUT2D eigenvalue weighted by Gasteiger charge is -2.35. The van der Waals surface area contributed by atoms with Gasteiger partial charge in [0.2, 0.25) is 5.91 Å². The van der Waals surface area contributed by atoms with E-state index < -0.39 is 0 Å². The van der Waals surface area contributed by atoms with Gasteiger partial charge in [-0.05, 0) is 43.5 Å². The molecule has 0 fully saturated rings. The molecule has 3 nitrogen and oxygen atoms in total. The number of hydrogen-bond acceptors (Lipinski definition) is 2. The molecule has 1 atom stereocenters. The van der Waals surface area contributed by atoms with E-state index in [2.05, 4.69) is 18.3 Å². The number of rotatable bonds is 3. The maximum absolute atomic E-state index is 12.6. The normalized spacial score (nSPS) is 17.2. The van der Waals surface area contributed by atoms with E-state index in [4.69, 9.17) is 0 Å². The minimum absolute atomic E-state index is 0.124. The van der Waals surface area contributed by atoms with Crippen molar-refractivity contribution >= 4 is 17.3 Å². The molecule has 0 spiro atoms. The van der Waals surface area contributed by atoms with Crippen LogP contribution in [0.25, 0.3) is 0 Å². The fourth-order valence-corrected chi connectivity index (χ4v) is 2.89. The third kappa shape index (κ3) is 2.92. The van der Waals surface area contributed by atoms with Gasteiger partial charge < -0.3 is 10.2 Å². The minimum Gasteiger partial charge on any atom is -0.376 e. The van der Waals surface area contributed by atoms with Crippen molar-refractivity contribution < 1.29 is 4.79 Å². The lowest BCUT2D eigenvalue weighted by atomic mass is 9.96. The van der Waals surface area contributed by atoms with Crippen LogP contribution in [0.1, 0.15) is 18.9 Å². The molecule has 2 aromatic rings. The third-order valence-electron chi connectivity index (χ3n) is 4.01. The lowest BCUT2D eigenvalue weighted by molar-refractivity contribution is -0.117. The van der Waals surface area contributed by atoms with Crippen LogP contribution in [0, 0.1) is 0 Å². The zero-order valence-electron chi connectivity index (χ0n) is 12.3. The summed E-state index contributed by atoms with van der Waals surface area (Å²) in [4.78, 5) is 14.5. The van der Waals surface area contributed by atoms with E-state index >= 15 is 0 Å². The van der Waals surface area contributed by atoms with Gasteiger partial charge in [0.05, 0.1) is 6.54 Å². The van der Waals surface area contributed by atoms with Crippen LogP contribution >= 0.6 is 0 Å². The fraction of sp³-hybridized carbons (Fsp3) is 0.278. The summed E-state index contributed by atoms with van der Waals surface area (Å²) in [5.74, 6) is 0.124. The quantitative estimate of drug-likeness (QED) is 0.933. The zero-order chi connectivity index (χ0) is 14.7. The number of para-hydroxylation sites is 2. The van der Waals surface area contributed by atoms with Crippen LogP contribution in [0.2, 0.25) is 0 Å². The number of carbonyl (C=O) groups is 1. The van der Waals surface area contributed by atoms with Crippen LogP contribution in [0.15, 0.2) is 54.6 Å². The minimum atomic E-state index is 0.124. The molecular weight excluding hydrogens is 260 g/mol. The van der Waals surface area contributed by atoms with E-state index in [-0.39, 0.29) is 11.9 Å². The number of anilines is 2. The van der Waals surface area contributed by atoms with Crippen molar-refractivity contribution in [2.75, 3.05) is 16.8 Å². The molecule has 21 heavy (non-hydrogen) atoms. The number of amides is 1. The van der Waals surface area contributed by atoms with Crippen LogP contribution in [0.4, 0.5) is 11.4 Å². The maximum Gasteiger partial charge on any atom is 0.246 e. The van der Waals surface area contributed by atoms with Crippen molar-refractivity contribution in [3.63, 3.8) is 0 Å². The van der Waals surface area contributed by atoms with Gasteiger partial charge >= 0.3 is 0 Å². The van der Waals surface area contributed by atoms with Crippen molar-refractivity contribution in [2.45, 2.75) is 25.8 Å². The second kappa shape index (κ2) is 6.00. The second-order valence-electron chi connectivity index (χ2n) is 5.50. The Morgan fingerprint density at radius 3 is 2.67 bits per heavy atom. The zero-order valence-corrected chi connectivity index (χ0v) is 12.3. The fourth-order valence-electron chi connectivity index (χ4n) is 2.89. The third-order valence-corrected chi connectivity index (χ3v) is 4.01. The summed E-state index contributed by atoms with van der Waals surface area (Å²) in [5, 5.41) is 3.20. The van der Waals surface area contributed by atoms with Crippen molar-refractivity contribution in [3.8, 4) is 0 Å². The number of aryl methyl sites for hydroxylation is 1. The van der Waals surface area contributed by atoms with Crippen LogP contribution in [-0.2, 0) is 11.2 Å². The Morgan fingerprint density at radius 1 is 1.14 bits per heavy atom. The van der Waals surface area contributed by atoms with Gasteiger partial charge in [0.15, 0.2) is 0 Å². The van der Waals surface area contributed by atoms with Crippen LogP contribution in [0.5, 0.6) is 0 Å². The Hall–Kier alpha value is -2.29. The van der Waals surface area contributed by atoms with Gasteiger partial charge in [-0.15, -0.1) is 0 Å². The van der Waals surface area contributed by atoms with Crippen molar-refractivity contribution in [1.82, 2.24) is 0 Å². The van der Waals surface area contributed by atoms with E-state index in [0.29, 0.717) is 6.54 Å². The molecule has 0 bridgehead atoms. The number of nitrogens with zero attached hydrogens (tertiary/aromatic N) is 1. The highest BCUT2D eigenvalue weighted by atomic mass is 16.2. The van der Waals surface area contributed by atoms with Gasteiger partial charge in [-0.25, -0.2) is 0 Å². The lowest BCUT2D eigenvalue weighted by Crippen LogP contribution is -2.44. The van der Waals surface area contributed by atoms with Gasteiger partial charge in [-0.1, -0.05) is 36.4 Å². The highest BCUT2D eigenvalue weighted by Gasteiger charge is 2.27. The van der Waals surface area contributed by atoms with Crippen LogP contribution in [-0.4, -0.2) is 18.5 Å². The molecule has 3 rings (SSSR count). The summed E-state index contributed by atoms with van der Waals surface area (Å²) in [7, 11) is 0. The SMILES string of the molecule is CC1CCc2ccccc2N1C(=O)CNc1ccccc1. The molecular formula is C18H20N2O. The van der Waals surface area contributed by atoms with Crippen molar-refractivity contribution in [3.05, 3.63) is 60.2 Å². The van der Waals surface area contributed by atoms with Gasteiger partial charge in [-0.2, -0.15) is 0 Å². The van der Waals surface area contributed by atoms with Gasteiger partial charge in [0.25, 0.3) is 0 Å². The summed E-state index contributed by atoms with van der Waals surface area (Å²) < 4.78 is 0. The van der Waals surface area contributed by atoms with Gasteiger partial charge in [0, 0.05) is 17.4 Å². The average molecular weight is 280 g/mol. The monoisotopic (exact) mass is 280 g/mol. The van der Waals surface area contributed by atoms with Gasteiger partial charge in [-0.3, -0.25) is 4.79 Å². The Bertz CT molecular complexity index is 624. The molecule has 1 amide bonds. The predicted octanol–water partition coefficient (Wildman–Crippen LogP) is 3.47. The first-order valence-corrected chi connectivity index (χ1v) is 7.44. The van der Waals surface area contributed by atoms with Crippen LogP contribution < -0.4 is 10.2 Å². The first-order chi connectivity index (χ1) is 10.3. The summed E-state index contributed by atoms with van der Waals surface area (Å²) in [6.45, 7) is 2.44. The first kappa shape index (κ1) is 13.7. The average Bonchev–Trinajstić information content (AvgIpc) is 2.53. The van der Waals surface area contributed by atoms with E-state index in [0.717, 1.165) is 24.2 Å². The molecule has 0 saturated heterocycles. The maximum atomic E-state index is 12.6. The Balaban J connectivity index is 1.75. The molecule has 0 aliphatic carbocycles. The topological polar surface area (TPSA) is 32.3 Å². The molecule has 1 N–H and O–H groups in total. The van der Waals surface area contributed by atoms with Crippen molar-refractivity contribution in [1.29, 1.82) is 0 Å². The van der Waals surface area contributed by atoms with E-state index in [1.165, 1.54) is 5.56 Å². The molecule has 0 aromatic heterocycles. The summed E-state index contributed by atoms with van der Waals surface area (Å²) in [6, 6.07) is 18.3. The predicted molar refractivity (Wildman–Crippen MR) is 86.6 cm³/mol. The first-order valence-electron chi connectivity index (χ1n) is 7.44. The van der Waals surface area contributed by atoms with Crippen molar-refractivity contribution in [2.24, 2.45) is 0 Å². The highest BCUT2D eigenvalue weighted by Crippen LogP contribution is 2.30. The Morgan fingerprint density at radius 2 is 1.86 bits per heavy atom.